The monoisotopic (exact) mass is 630 g/mol. The lowest BCUT2D eigenvalue weighted by molar-refractivity contribution is 0.0131. The largest absolute Gasteiger partial charge is 0.492 e. The van der Waals surface area contributed by atoms with E-state index in [0.717, 1.165) is 45.9 Å². The number of anilines is 1. The van der Waals surface area contributed by atoms with Gasteiger partial charge < -0.3 is 24.5 Å². The van der Waals surface area contributed by atoms with Crippen LogP contribution < -0.4 is 10.5 Å². The first-order valence-electron chi connectivity index (χ1n) is 15.3. The summed E-state index contributed by atoms with van der Waals surface area (Å²) in [6.45, 7) is 21.6. The number of rotatable bonds is 12. The second kappa shape index (κ2) is 13.9. The van der Waals surface area contributed by atoms with E-state index in [1.165, 1.54) is 0 Å². The van der Waals surface area contributed by atoms with Gasteiger partial charge in [0.2, 0.25) is 0 Å². The number of benzene rings is 2. The highest BCUT2D eigenvalue weighted by atomic mass is 35.5. The maximum Gasteiger partial charge on any atom is 0.410 e. The smallest absolute Gasteiger partial charge is 0.410 e. The van der Waals surface area contributed by atoms with E-state index in [2.05, 4.69) is 57.8 Å². The van der Waals surface area contributed by atoms with Crippen molar-refractivity contribution >= 4 is 42.6 Å². The summed E-state index contributed by atoms with van der Waals surface area (Å²) in [4.78, 5) is 15.3. The number of aromatic nitrogens is 2. The molecule has 8 nitrogen and oxygen atoms in total. The van der Waals surface area contributed by atoms with Crippen molar-refractivity contribution in [3.63, 3.8) is 0 Å². The number of amides is 1. The number of aromatic amines is 1. The van der Waals surface area contributed by atoms with Gasteiger partial charge in [0.1, 0.15) is 18.0 Å². The van der Waals surface area contributed by atoms with Gasteiger partial charge in [0, 0.05) is 17.1 Å². The number of nitrogens with two attached hydrogens (primary N) is 1. The number of H-pyrrole nitrogens is 1. The molecule has 0 saturated carbocycles. The van der Waals surface area contributed by atoms with Crippen molar-refractivity contribution in [1.29, 1.82) is 0 Å². The third kappa shape index (κ3) is 8.89. The van der Waals surface area contributed by atoms with Gasteiger partial charge in [0.15, 0.2) is 8.32 Å². The Morgan fingerprint density at radius 2 is 1.72 bits per heavy atom. The average molecular weight is 631 g/mol. The average Bonchev–Trinajstić information content (AvgIpc) is 3.30. The molecule has 0 spiro atoms. The number of nitrogens with one attached hydrogen (secondary N) is 1. The lowest BCUT2D eigenvalue weighted by Crippen LogP contribution is -2.45. The highest BCUT2D eigenvalue weighted by molar-refractivity contribution is 6.73. The molecule has 3 rings (SSSR count). The van der Waals surface area contributed by atoms with E-state index in [0.29, 0.717) is 29.5 Å². The SMILES string of the molecule is CC[Si](CC)(CC)O[C@@H](CN(CCOc1cc(C(C)(C)C)c2c(C)[nH]nc2c1)C(=O)OC(C)(C)C)c1ccc(Cl)c(N)c1. The molecule has 1 amide bonds. The Balaban J connectivity index is 1.92. The number of carbonyl (C=O) groups excluding carboxylic acids is 1. The van der Waals surface area contributed by atoms with Crippen LogP contribution in [0.3, 0.4) is 0 Å². The minimum absolute atomic E-state index is 0.103. The molecule has 0 unspecified atom stereocenters. The molecule has 0 saturated heterocycles. The van der Waals surface area contributed by atoms with Gasteiger partial charge in [-0.2, -0.15) is 5.10 Å². The summed E-state index contributed by atoms with van der Waals surface area (Å²) in [7, 11) is -2.07. The fourth-order valence-electron chi connectivity index (χ4n) is 5.29. The molecule has 1 aromatic heterocycles. The number of fused-ring (bicyclic) bond motifs is 1. The molecular formula is C33H51ClN4O4Si. The molecule has 0 aliphatic heterocycles. The van der Waals surface area contributed by atoms with Crippen LogP contribution in [0.1, 0.15) is 85.2 Å². The summed E-state index contributed by atoms with van der Waals surface area (Å²) >= 11 is 6.27. The number of nitrogens with zero attached hydrogens (tertiary/aromatic N) is 2. The number of carbonyl (C=O) groups is 1. The summed E-state index contributed by atoms with van der Waals surface area (Å²) in [5, 5.41) is 9.20. The van der Waals surface area contributed by atoms with Gasteiger partial charge in [0.05, 0.1) is 35.4 Å². The molecule has 43 heavy (non-hydrogen) atoms. The molecule has 10 heteroatoms. The first kappa shape index (κ1) is 34.7. The number of ether oxygens (including phenoxy) is 2. The Kier molecular flexibility index (Phi) is 11.2. The first-order valence-corrected chi connectivity index (χ1v) is 18.3. The highest BCUT2D eigenvalue weighted by Crippen LogP contribution is 2.35. The van der Waals surface area contributed by atoms with Gasteiger partial charge in [-0.1, -0.05) is 59.2 Å². The van der Waals surface area contributed by atoms with Crippen molar-refractivity contribution in [2.45, 2.75) is 104 Å². The summed E-state index contributed by atoms with van der Waals surface area (Å²) in [5.74, 6) is 0.709. The van der Waals surface area contributed by atoms with Crippen LogP contribution in [0.2, 0.25) is 23.2 Å². The Labute approximate surface area is 263 Å². The van der Waals surface area contributed by atoms with Crippen molar-refractivity contribution in [2.75, 3.05) is 25.4 Å². The first-order chi connectivity index (χ1) is 20.0. The topological polar surface area (TPSA) is 103 Å². The lowest BCUT2D eigenvalue weighted by atomic mass is 9.84. The van der Waals surface area contributed by atoms with Crippen molar-refractivity contribution < 1.29 is 18.7 Å². The zero-order chi connectivity index (χ0) is 32.2. The van der Waals surface area contributed by atoms with E-state index in [1.54, 1.807) is 11.0 Å². The molecule has 0 radical (unpaired) electrons. The minimum Gasteiger partial charge on any atom is -0.492 e. The van der Waals surface area contributed by atoms with Gasteiger partial charge in [-0.3, -0.25) is 5.10 Å². The Morgan fingerprint density at radius 1 is 1.07 bits per heavy atom. The van der Waals surface area contributed by atoms with E-state index in [-0.39, 0.29) is 12.0 Å². The molecule has 238 valence electrons. The van der Waals surface area contributed by atoms with Gasteiger partial charge in [0.25, 0.3) is 0 Å². The van der Waals surface area contributed by atoms with Crippen LogP contribution in [-0.2, 0) is 14.6 Å². The fraction of sp³-hybridized carbons (Fsp3) is 0.576. The molecule has 0 aliphatic rings. The van der Waals surface area contributed by atoms with Crippen LogP contribution >= 0.6 is 11.6 Å². The fourth-order valence-corrected chi connectivity index (χ4v) is 8.22. The minimum atomic E-state index is -2.07. The van der Waals surface area contributed by atoms with Gasteiger partial charge in [-0.05, 0) is 80.6 Å². The number of hydrogen-bond acceptors (Lipinski definition) is 6. The van der Waals surface area contributed by atoms with E-state index in [9.17, 15) is 4.79 Å². The van der Waals surface area contributed by atoms with E-state index < -0.39 is 26.1 Å². The van der Waals surface area contributed by atoms with Crippen LogP contribution in [0.25, 0.3) is 10.9 Å². The zero-order valence-corrected chi connectivity index (χ0v) is 29.4. The van der Waals surface area contributed by atoms with Crippen LogP contribution in [0.5, 0.6) is 5.75 Å². The molecule has 2 aromatic carbocycles. The Morgan fingerprint density at radius 3 is 2.28 bits per heavy atom. The second-order valence-electron chi connectivity index (χ2n) is 13.4. The quantitative estimate of drug-likeness (QED) is 0.153. The van der Waals surface area contributed by atoms with Crippen LogP contribution in [-0.4, -0.2) is 54.8 Å². The zero-order valence-electron chi connectivity index (χ0n) is 27.7. The predicted octanol–water partition coefficient (Wildman–Crippen LogP) is 8.78. The number of aryl methyl sites for hydroxylation is 1. The van der Waals surface area contributed by atoms with E-state index >= 15 is 0 Å². The third-order valence-corrected chi connectivity index (χ3v) is 13.0. The van der Waals surface area contributed by atoms with Gasteiger partial charge in [-0.15, -0.1) is 0 Å². The maximum absolute atomic E-state index is 13.6. The van der Waals surface area contributed by atoms with Gasteiger partial charge >= 0.3 is 6.09 Å². The van der Waals surface area contributed by atoms with E-state index in [4.69, 9.17) is 31.2 Å². The molecule has 1 heterocycles. The summed E-state index contributed by atoms with van der Waals surface area (Å²) in [6, 6.07) is 12.5. The highest BCUT2D eigenvalue weighted by Gasteiger charge is 2.35. The molecule has 3 aromatic rings. The summed E-state index contributed by atoms with van der Waals surface area (Å²) in [6.07, 6.45) is -0.813. The molecule has 1 atom stereocenters. The van der Waals surface area contributed by atoms with E-state index in [1.807, 2.05) is 45.9 Å². The molecule has 3 N–H and O–H groups in total. The van der Waals surface area contributed by atoms with Crippen LogP contribution in [0.15, 0.2) is 30.3 Å². The number of hydrogen-bond donors (Lipinski definition) is 2. The van der Waals surface area contributed by atoms with Crippen molar-refractivity contribution in [2.24, 2.45) is 0 Å². The van der Waals surface area contributed by atoms with Crippen molar-refractivity contribution in [1.82, 2.24) is 15.1 Å². The van der Waals surface area contributed by atoms with Crippen LogP contribution in [0, 0.1) is 6.92 Å². The molecular weight excluding hydrogens is 580 g/mol. The predicted molar refractivity (Wildman–Crippen MR) is 180 cm³/mol. The van der Waals surface area contributed by atoms with Crippen molar-refractivity contribution in [3.8, 4) is 5.75 Å². The maximum atomic E-state index is 13.6. The normalized spacial score (nSPS) is 13.3. The van der Waals surface area contributed by atoms with Crippen molar-refractivity contribution in [3.05, 3.63) is 52.2 Å². The van der Waals surface area contributed by atoms with Crippen LogP contribution in [0.4, 0.5) is 10.5 Å². The number of halogens is 1. The lowest BCUT2D eigenvalue weighted by Gasteiger charge is -2.36. The Hall–Kier alpha value is -2.75. The second-order valence-corrected chi connectivity index (χ2v) is 18.5. The third-order valence-electron chi connectivity index (χ3n) is 8.00. The molecule has 0 bridgehead atoms. The molecule has 0 aliphatic carbocycles. The molecule has 0 fully saturated rings. The Bertz CT molecular complexity index is 1380. The summed E-state index contributed by atoms with van der Waals surface area (Å²) < 4.78 is 19.1. The number of nitrogen functional groups attached to an aromatic ring is 1. The standard InChI is InChI=1S/C33H51ClN4O4Si/c1-11-43(12-2,13-3)42-29(23-14-15-26(34)27(35)18-23)21-38(31(39)41-33(8,9)10)16-17-40-24-19-25(32(5,6)7)30-22(4)36-37-28(30)20-24/h14-15,18-20,29H,11-13,16-17,21,35H2,1-10H3,(H,36,37)/t29-/m0/s1. The summed E-state index contributed by atoms with van der Waals surface area (Å²) in [5.41, 5.74) is 9.87. The van der Waals surface area contributed by atoms with Gasteiger partial charge in [-0.25, -0.2) is 4.79 Å².